The summed E-state index contributed by atoms with van der Waals surface area (Å²) in [6, 6.07) is 0. The van der Waals surface area contributed by atoms with Crippen molar-refractivity contribution in [2.45, 2.75) is 290 Å². The minimum absolute atomic E-state index is 0.0306. The van der Waals surface area contributed by atoms with E-state index in [1.54, 1.807) is 0 Å². The molecule has 0 saturated carbocycles. The highest BCUT2D eigenvalue weighted by Gasteiger charge is 2.27. The summed E-state index contributed by atoms with van der Waals surface area (Å²) in [4.78, 5) is 35.8. The number of ether oxygens (including phenoxy) is 2. The molecule has 0 aliphatic heterocycles. The highest BCUT2D eigenvalue weighted by molar-refractivity contribution is 7.47. The molecule has 462 valence electrons. The lowest BCUT2D eigenvalue weighted by atomic mass is 10.0. The number of phosphoric ester groups is 1. The summed E-state index contributed by atoms with van der Waals surface area (Å²) in [5, 5.41) is 0. The Kier molecular flexibility index (Phi) is 58.2. The Labute approximate surface area is 493 Å². The predicted molar refractivity (Wildman–Crippen MR) is 344 cm³/mol. The molecule has 0 aromatic carbocycles. The first kappa shape index (κ1) is 76.9. The molecule has 2 atom stereocenters. The van der Waals surface area contributed by atoms with E-state index in [9.17, 15) is 19.0 Å². The maximum absolute atomic E-state index is 12.8. The standard InChI is InChI=1S/C70H124NO8P/c1-6-8-10-12-14-16-18-20-22-24-25-26-27-28-29-30-31-32-33-34-35-36-37-38-39-40-41-42-43-44-45-47-49-51-53-55-57-59-61-63-70(73)79-68(67-78-80(74,75)77-65-64-71(3,4)5)66-76-69(72)62-60-58-56-54-52-50-48-46-23-21-19-17-15-13-11-9-7-2/h8,10,14,16,20,22,25-26,28-29,31-32,34-35,37-38,68H,6-7,9,11-13,15,17-19,21,23-24,27,30,33,36,39-67H2,1-5H3/p+1/b10-8-,16-14-,22-20-,26-25-,29-28-,32-31-,35-34-,38-37-. The van der Waals surface area contributed by atoms with Gasteiger partial charge in [-0.15, -0.1) is 0 Å². The summed E-state index contributed by atoms with van der Waals surface area (Å²) in [6.07, 6.45) is 83.5. The van der Waals surface area contributed by atoms with Crippen molar-refractivity contribution in [3.8, 4) is 0 Å². The quantitative estimate of drug-likeness (QED) is 0.0211. The number of esters is 2. The van der Waals surface area contributed by atoms with Crippen LogP contribution in [0.15, 0.2) is 97.2 Å². The molecule has 2 unspecified atom stereocenters. The smallest absolute Gasteiger partial charge is 0.462 e. The van der Waals surface area contributed by atoms with Crippen molar-refractivity contribution in [3.63, 3.8) is 0 Å². The van der Waals surface area contributed by atoms with Gasteiger partial charge in [-0.1, -0.05) is 291 Å². The highest BCUT2D eigenvalue weighted by Crippen LogP contribution is 2.43. The van der Waals surface area contributed by atoms with Gasteiger partial charge in [0, 0.05) is 12.8 Å². The maximum Gasteiger partial charge on any atom is 0.472 e. The lowest BCUT2D eigenvalue weighted by Gasteiger charge is -2.24. The van der Waals surface area contributed by atoms with E-state index in [0.717, 1.165) is 89.9 Å². The summed E-state index contributed by atoms with van der Waals surface area (Å²) in [5.41, 5.74) is 0. The zero-order valence-electron chi connectivity index (χ0n) is 52.5. The first-order valence-corrected chi connectivity index (χ1v) is 34.5. The molecule has 80 heavy (non-hydrogen) atoms. The normalized spacial score (nSPS) is 13.8. The topological polar surface area (TPSA) is 108 Å². The van der Waals surface area contributed by atoms with E-state index >= 15 is 0 Å². The van der Waals surface area contributed by atoms with Crippen molar-refractivity contribution in [2.75, 3.05) is 47.5 Å². The van der Waals surface area contributed by atoms with Crippen molar-refractivity contribution in [2.24, 2.45) is 0 Å². The number of carbonyl (C=O) groups is 2. The minimum Gasteiger partial charge on any atom is -0.462 e. The Bertz CT molecular complexity index is 1670. The number of hydrogen-bond acceptors (Lipinski definition) is 7. The number of unbranched alkanes of at least 4 members (excludes halogenated alkanes) is 30. The molecule has 0 fully saturated rings. The number of rotatable bonds is 60. The van der Waals surface area contributed by atoms with Gasteiger partial charge in [0.05, 0.1) is 27.7 Å². The van der Waals surface area contributed by atoms with E-state index < -0.39 is 26.5 Å². The summed E-state index contributed by atoms with van der Waals surface area (Å²) < 4.78 is 34.6. The van der Waals surface area contributed by atoms with Crippen molar-refractivity contribution in [1.29, 1.82) is 0 Å². The van der Waals surface area contributed by atoms with Gasteiger partial charge in [-0.2, -0.15) is 0 Å². The highest BCUT2D eigenvalue weighted by atomic mass is 31.2. The Morgan fingerprint density at radius 2 is 0.713 bits per heavy atom. The Morgan fingerprint density at radius 3 is 1.06 bits per heavy atom. The van der Waals surface area contributed by atoms with Crippen LogP contribution in [0.2, 0.25) is 0 Å². The number of hydrogen-bond donors (Lipinski definition) is 1. The van der Waals surface area contributed by atoms with Gasteiger partial charge < -0.3 is 18.9 Å². The molecule has 10 heteroatoms. The number of phosphoric acid groups is 1. The second-order valence-corrected chi connectivity index (χ2v) is 24.6. The van der Waals surface area contributed by atoms with Crippen LogP contribution in [-0.4, -0.2) is 74.9 Å². The summed E-state index contributed by atoms with van der Waals surface area (Å²) in [5.74, 6) is -0.789. The fourth-order valence-electron chi connectivity index (χ4n) is 9.09. The molecule has 0 rings (SSSR count). The molecule has 0 aromatic heterocycles. The van der Waals surface area contributed by atoms with E-state index in [4.69, 9.17) is 18.5 Å². The lowest BCUT2D eigenvalue weighted by molar-refractivity contribution is -0.870. The summed E-state index contributed by atoms with van der Waals surface area (Å²) in [6.45, 7) is 4.35. The van der Waals surface area contributed by atoms with Gasteiger partial charge in [0.15, 0.2) is 6.10 Å². The summed E-state index contributed by atoms with van der Waals surface area (Å²) in [7, 11) is 1.48. The first-order valence-electron chi connectivity index (χ1n) is 33.0. The molecule has 0 spiro atoms. The van der Waals surface area contributed by atoms with Crippen molar-refractivity contribution in [3.05, 3.63) is 97.2 Å². The SMILES string of the molecule is CC/C=C\C/C=C\C/C=C\C/C=C\C/C=C\C/C=C\C/C=C\C/C=C\CCCCCCCCCCCCCCCCC(=O)OC(COC(=O)CCCCCCCCCCCCCCCCCCC)COP(=O)(O)OCC[N+](C)(C)C. The number of carbonyl (C=O) groups excluding carboxylic acids is 2. The zero-order valence-corrected chi connectivity index (χ0v) is 53.4. The number of allylic oxidation sites excluding steroid dienone is 16. The average Bonchev–Trinajstić information content (AvgIpc) is 3.42. The van der Waals surface area contributed by atoms with Crippen LogP contribution in [0.4, 0.5) is 0 Å². The molecule has 0 saturated heterocycles. The van der Waals surface area contributed by atoms with Gasteiger partial charge >= 0.3 is 19.8 Å². The Hall–Kier alpha value is -3.07. The fraction of sp³-hybridized carbons (Fsp3) is 0.743. The molecule has 0 amide bonds. The van der Waals surface area contributed by atoms with Crippen LogP contribution in [0, 0.1) is 0 Å². The Morgan fingerprint density at radius 1 is 0.400 bits per heavy atom. The van der Waals surface area contributed by atoms with Crippen LogP contribution in [0.3, 0.4) is 0 Å². The van der Waals surface area contributed by atoms with Gasteiger partial charge in [0.1, 0.15) is 19.8 Å². The van der Waals surface area contributed by atoms with E-state index in [2.05, 4.69) is 111 Å². The average molecular weight is 1140 g/mol. The maximum atomic E-state index is 12.8. The van der Waals surface area contributed by atoms with Crippen LogP contribution in [-0.2, 0) is 32.7 Å². The molecule has 0 aromatic rings. The molecule has 9 nitrogen and oxygen atoms in total. The van der Waals surface area contributed by atoms with Crippen LogP contribution < -0.4 is 0 Å². The summed E-state index contributed by atoms with van der Waals surface area (Å²) >= 11 is 0. The molecule has 0 aliphatic rings. The van der Waals surface area contributed by atoms with E-state index in [0.29, 0.717) is 23.9 Å². The van der Waals surface area contributed by atoms with E-state index in [1.807, 2.05) is 21.1 Å². The molecular weight excluding hydrogens is 1010 g/mol. The van der Waals surface area contributed by atoms with Gasteiger partial charge in [-0.25, -0.2) is 4.57 Å². The van der Waals surface area contributed by atoms with Gasteiger partial charge in [0.2, 0.25) is 0 Å². The van der Waals surface area contributed by atoms with Gasteiger partial charge in [-0.3, -0.25) is 18.6 Å². The third-order valence-electron chi connectivity index (χ3n) is 14.1. The van der Waals surface area contributed by atoms with E-state index in [1.165, 1.54) is 161 Å². The molecule has 0 bridgehead atoms. The first-order chi connectivity index (χ1) is 39.0. The predicted octanol–water partition coefficient (Wildman–Crippen LogP) is 21.2. The molecular formula is C70H125NO8P+. The molecule has 0 heterocycles. The third-order valence-corrected chi connectivity index (χ3v) is 15.1. The molecule has 0 radical (unpaired) electrons. The molecule has 0 aliphatic carbocycles. The lowest BCUT2D eigenvalue weighted by Crippen LogP contribution is -2.37. The van der Waals surface area contributed by atoms with Gasteiger partial charge in [-0.05, 0) is 77.0 Å². The second-order valence-electron chi connectivity index (χ2n) is 23.1. The minimum atomic E-state index is -4.39. The zero-order chi connectivity index (χ0) is 58.4. The van der Waals surface area contributed by atoms with Crippen LogP contribution in [0.5, 0.6) is 0 Å². The van der Waals surface area contributed by atoms with Crippen LogP contribution in [0.1, 0.15) is 284 Å². The number of likely N-dealkylation sites (N-methyl/N-ethyl adjacent to an activating group) is 1. The molecule has 1 N–H and O–H groups in total. The monoisotopic (exact) mass is 1140 g/mol. The van der Waals surface area contributed by atoms with E-state index in [-0.39, 0.29) is 25.6 Å². The van der Waals surface area contributed by atoms with Crippen molar-refractivity contribution in [1.82, 2.24) is 0 Å². The fourth-order valence-corrected chi connectivity index (χ4v) is 9.83. The number of quaternary nitrogens is 1. The third kappa shape index (κ3) is 64.1. The number of nitrogens with zero attached hydrogens (tertiary/aromatic N) is 1. The van der Waals surface area contributed by atoms with Crippen LogP contribution >= 0.6 is 7.82 Å². The van der Waals surface area contributed by atoms with Gasteiger partial charge in [0.25, 0.3) is 0 Å². The second kappa shape index (κ2) is 60.5. The van der Waals surface area contributed by atoms with Crippen LogP contribution in [0.25, 0.3) is 0 Å². The van der Waals surface area contributed by atoms with Crippen molar-refractivity contribution >= 4 is 19.8 Å². The largest absolute Gasteiger partial charge is 0.472 e. The Balaban J connectivity index is 4.02. The van der Waals surface area contributed by atoms with Crippen molar-refractivity contribution < 1.29 is 42.1 Å².